The van der Waals surface area contributed by atoms with E-state index in [0.717, 1.165) is 5.56 Å². The summed E-state index contributed by atoms with van der Waals surface area (Å²) in [5, 5.41) is 3.49. The third-order valence-corrected chi connectivity index (χ3v) is 3.31. The Kier molecular flexibility index (Phi) is 4.74. The minimum Gasteiger partial charge on any atom is -0.349 e. The van der Waals surface area contributed by atoms with E-state index in [1.807, 2.05) is 19.1 Å². The average Bonchev–Trinajstić information content (AvgIpc) is 2.42. The van der Waals surface area contributed by atoms with E-state index < -0.39 is 0 Å². The summed E-state index contributed by atoms with van der Waals surface area (Å²) in [6.07, 6.45) is 0.0323. The fraction of sp³-hybridized carbons (Fsp3) is 0.188. The van der Waals surface area contributed by atoms with Crippen molar-refractivity contribution in [1.82, 2.24) is 5.32 Å². The van der Waals surface area contributed by atoms with Gasteiger partial charge in [0, 0.05) is 5.02 Å². The highest BCUT2D eigenvalue weighted by atomic mass is 35.5. The molecule has 2 aromatic carbocycles. The summed E-state index contributed by atoms with van der Waals surface area (Å²) in [5.41, 5.74) is 1.35. The highest BCUT2D eigenvalue weighted by Crippen LogP contribution is 2.16. The van der Waals surface area contributed by atoms with Crippen molar-refractivity contribution in [3.63, 3.8) is 0 Å². The second-order valence-electron chi connectivity index (χ2n) is 4.61. The number of hydrogen-bond donors (Lipinski definition) is 1. The number of nitrogens with one attached hydrogen (secondary N) is 1. The zero-order chi connectivity index (χ0) is 14.5. The predicted molar refractivity (Wildman–Crippen MR) is 78.1 cm³/mol. The van der Waals surface area contributed by atoms with Gasteiger partial charge in [0.05, 0.1) is 12.5 Å². The molecular formula is C16H15ClFNO. The summed E-state index contributed by atoms with van der Waals surface area (Å²) in [7, 11) is 0. The van der Waals surface area contributed by atoms with Crippen LogP contribution in [0, 0.1) is 5.82 Å². The standard InChI is InChI=1S/C16H15ClFNO/c1-11(12-6-8-14(17)9-7-12)19-16(20)10-13-4-2-3-5-15(13)18/h2-9,11H,10H2,1H3,(H,19,20). The number of amides is 1. The van der Waals surface area contributed by atoms with Crippen LogP contribution in [0.5, 0.6) is 0 Å². The van der Waals surface area contributed by atoms with Crippen molar-refractivity contribution < 1.29 is 9.18 Å². The van der Waals surface area contributed by atoms with Gasteiger partial charge < -0.3 is 5.32 Å². The largest absolute Gasteiger partial charge is 0.349 e. The molecule has 0 saturated carbocycles. The quantitative estimate of drug-likeness (QED) is 0.909. The topological polar surface area (TPSA) is 29.1 Å². The van der Waals surface area contributed by atoms with Crippen LogP contribution in [0.3, 0.4) is 0 Å². The molecule has 2 aromatic rings. The molecule has 0 aliphatic carbocycles. The first-order valence-corrected chi connectivity index (χ1v) is 6.72. The van der Waals surface area contributed by atoms with E-state index in [-0.39, 0.29) is 24.2 Å². The van der Waals surface area contributed by atoms with Crippen LogP contribution in [0.1, 0.15) is 24.1 Å². The minimum absolute atomic E-state index is 0.0323. The molecule has 1 unspecified atom stereocenters. The molecule has 20 heavy (non-hydrogen) atoms. The molecular weight excluding hydrogens is 277 g/mol. The Bertz CT molecular complexity index is 598. The summed E-state index contributed by atoms with van der Waals surface area (Å²) in [5.74, 6) is -0.570. The lowest BCUT2D eigenvalue weighted by atomic mass is 10.1. The number of hydrogen-bond acceptors (Lipinski definition) is 1. The molecule has 0 aromatic heterocycles. The molecule has 0 saturated heterocycles. The van der Waals surface area contributed by atoms with Crippen LogP contribution in [0.4, 0.5) is 4.39 Å². The van der Waals surface area contributed by atoms with Gasteiger partial charge in [-0.2, -0.15) is 0 Å². The Morgan fingerprint density at radius 2 is 1.85 bits per heavy atom. The lowest BCUT2D eigenvalue weighted by Gasteiger charge is -2.14. The molecule has 4 heteroatoms. The Balaban J connectivity index is 1.98. The highest BCUT2D eigenvalue weighted by molar-refractivity contribution is 6.30. The average molecular weight is 292 g/mol. The first-order chi connectivity index (χ1) is 9.56. The molecule has 2 nitrogen and oxygen atoms in total. The van der Waals surface area contributed by atoms with Gasteiger partial charge >= 0.3 is 0 Å². The predicted octanol–water partition coefficient (Wildman–Crippen LogP) is 3.90. The van der Waals surface area contributed by atoms with Gasteiger partial charge in [-0.1, -0.05) is 41.9 Å². The fourth-order valence-corrected chi connectivity index (χ4v) is 2.07. The molecule has 0 fully saturated rings. The van der Waals surface area contributed by atoms with Gasteiger partial charge in [0.25, 0.3) is 0 Å². The number of carbonyl (C=O) groups is 1. The number of halogens is 2. The smallest absolute Gasteiger partial charge is 0.225 e. The normalized spacial score (nSPS) is 11.9. The maximum absolute atomic E-state index is 13.5. The Morgan fingerprint density at radius 3 is 2.50 bits per heavy atom. The SMILES string of the molecule is CC(NC(=O)Cc1ccccc1F)c1ccc(Cl)cc1. The van der Waals surface area contributed by atoms with E-state index in [9.17, 15) is 9.18 Å². The molecule has 0 bridgehead atoms. The van der Waals surface area contributed by atoms with Gasteiger partial charge in [-0.05, 0) is 36.2 Å². The molecule has 0 aliphatic rings. The third-order valence-electron chi connectivity index (χ3n) is 3.06. The molecule has 1 amide bonds. The van der Waals surface area contributed by atoms with E-state index >= 15 is 0 Å². The van der Waals surface area contributed by atoms with Crippen LogP contribution in [0.2, 0.25) is 5.02 Å². The van der Waals surface area contributed by atoms with Crippen LogP contribution >= 0.6 is 11.6 Å². The van der Waals surface area contributed by atoms with Crippen molar-refractivity contribution >= 4 is 17.5 Å². The number of rotatable bonds is 4. The molecule has 0 spiro atoms. The zero-order valence-electron chi connectivity index (χ0n) is 11.1. The monoisotopic (exact) mass is 291 g/mol. The summed E-state index contributed by atoms with van der Waals surface area (Å²) in [6.45, 7) is 1.88. The summed E-state index contributed by atoms with van der Waals surface area (Å²) < 4.78 is 13.5. The van der Waals surface area contributed by atoms with Crippen molar-refractivity contribution in [3.05, 3.63) is 70.5 Å². The van der Waals surface area contributed by atoms with Crippen molar-refractivity contribution in [2.75, 3.05) is 0 Å². The van der Waals surface area contributed by atoms with Gasteiger partial charge in [0.1, 0.15) is 5.82 Å². The molecule has 0 radical (unpaired) electrons. The van der Waals surface area contributed by atoms with E-state index in [2.05, 4.69) is 5.32 Å². The summed E-state index contributed by atoms with van der Waals surface area (Å²) in [4.78, 5) is 11.9. The van der Waals surface area contributed by atoms with Crippen molar-refractivity contribution in [2.45, 2.75) is 19.4 Å². The maximum atomic E-state index is 13.5. The first kappa shape index (κ1) is 14.5. The van der Waals surface area contributed by atoms with Crippen molar-refractivity contribution in [2.24, 2.45) is 0 Å². The van der Waals surface area contributed by atoms with Gasteiger partial charge in [-0.15, -0.1) is 0 Å². The summed E-state index contributed by atoms with van der Waals surface area (Å²) >= 11 is 5.82. The molecule has 0 heterocycles. The van der Waals surface area contributed by atoms with Crippen molar-refractivity contribution in [1.29, 1.82) is 0 Å². The van der Waals surface area contributed by atoms with Gasteiger partial charge in [0.15, 0.2) is 0 Å². The minimum atomic E-state index is -0.359. The highest BCUT2D eigenvalue weighted by Gasteiger charge is 2.11. The fourth-order valence-electron chi connectivity index (χ4n) is 1.94. The zero-order valence-corrected chi connectivity index (χ0v) is 11.8. The summed E-state index contributed by atoms with van der Waals surface area (Å²) in [6, 6.07) is 13.4. The second-order valence-corrected chi connectivity index (χ2v) is 5.05. The van der Waals surface area contributed by atoms with Gasteiger partial charge in [-0.3, -0.25) is 4.79 Å². The molecule has 1 N–H and O–H groups in total. The first-order valence-electron chi connectivity index (χ1n) is 6.34. The van der Waals surface area contributed by atoms with Crippen LogP contribution < -0.4 is 5.32 Å². The maximum Gasteiger partial charge on any atom is 0.225 e. The lowest BCUT2D eigenvalue weighted by molar-refractivity contribution is -0.121. The van der Waals surface area contributed by atoms with Crippen LogP contribution in [0.25, 0.3) is 0 Å². The third kappa shape index (κ3) is 3.81. The Morgan fingerprint density at radius 1 is 1.20 bits per heavy atom. The van der Waals surface area contributed by atoms with Crippen LogP contribution in [0.15, 0.2) is 48.5 Å². The van der Waals surface area contributed by atoms with Crippen molar-refractivity contribution in [3.8, 4) is 0 Å². The molecule has 104 valence electrons. The van der Waals surface area contributed by atoms with E-state index in [0.29, 0.717) is 10.6 Å². The Hall–Kier alpha value is -1.87. The molecule has 0 aliphatic heterocycles. The molecule has 2 rings (SSSR count). The van der Waals surface area contributed by atoms with E-state index in [1.165, 1.54) is 6.07 Å². The Labute approximate surface area is 122 Å². The van der Waals surface area contributed by atoms with E-state index in [4.69, 9.17) is 11.6 Å². The van der Waals surface area contributed by atoms with E-state index in [1.54, 1.807) is 30.3 Å². The number of benzene rings is 2. The van der Waals surface area contributed by atoms with Crippen LogP contribution in [-0.4, -0.2) is 5.91 Å². The molecule has 1 atom stereocenters. The van der Waals surface area contributed by atoms with Gasteiger partial charge in [-0.25, -0.2) is 4.39 Å². The number of carbonyl (C=O) groups excluding carboxylic acids is 1. The van der Waals surface area contributed by atoms with Gasteiger partial charge in [0.2, 0.25) is 5.91 Å². The lowest BCUT2D eigenvalue weighted by Crippen LogP contribution is -2.28. The van der Waals surface area contributed by atoms with Crippen LogP contribution in [-0.2, 0) is 11.2 Å². The second kappa shape index (κ2) is 6.53.